The maximum absolute atomic E-state index is 13.4. The average Bonchev–Trinajstić information content (AvgIpc) is 3.31. The molecule has 1 aliphatic rings. The highest BCUT2D eigenvalue weighted by molar-refractivity contribution is 6.30. The highest BCUT2D eigenvalue weighted by Gasteiger charge is 2.35. The van der Waals surface area contributed by atoms with E-state index in [1.54, 1.807) is 6.07 Å². The predicted octanol–water partition coefficient (Wildman–Crippen LogP) is 3.04. The molecule has 0 saturated carbocycles. The molecule has 4 heterocycles. The van der Waals surface area contributed by atoms with Crippen LogP contribution in [0.4, 0.5) is 0 Å². The molecule has 4 rings (SSSR count). The number of rotatable bonds is 4. The quantitative estimate of drug-likeness (QED) is 0.700. The van der Waals surface area contributed by atoms with Gasteiger partial charge in [0.25, 0.3) is 5.91 Å². The second kappa shape index (κ2) is 7.09. The fraction of sp³-hybridized carbons (Fsp3) is 0.474. The first-order chi connectivity index (χ1) is 13.4. The molecular formula is C19H23ClN6O2. The lowest BCUT2D eigenvalue weighted by Crippen LogP contribution is -2.31. The maximum Gasteiger partial charge on any atom is 0.325 e. The molecule has 0 bridgehead atoms. The van der Waals surface area contributed by atoms with E-state index in [0.717, 1.165) is 30.6 Å². The van der Waals surface area contributed by atoms with Gasteiger partial charge in [-0.25, -0.2) is 9.78 Å². The van der Waals surface area contributed by atoms with Crippen LogP contribution in [-0.4, -0.2) is 42.1 Å². The summed E-state index contributed by atoms with van der Waals surface area (Å²) in [5, 5.41) is 5.20. The number of fused-ring (bicyclic) bond motifs is 1. The van der Waals surface area contributed by atoms with E-state index < -0.39 is 0 Å². The zero-order valence-corrected chi connectivity index (χ0v) is 16.9. The van der Waals surface area contributed by atoms with Crippen molar-refractivity contribution in [1.82, 2.24) is 29.6 Å². The number of pyridine rings is 1. The molecule has 0 spiro atoms. The second-order valence-corrected chi connectivity index (χ2v) is 8.04. The molecule has 8 nitrogen and oxygen atoms in total. The summed E-state index contributed by atoms with van der Waals surface area (Å²) in [5.41, 5.74) is 2.63. The molecule has 1 aliphatic heterocycles. The number of aromatic nitrogens is 5. The number of likely N-dealkylation sites (tertiary alicyclic amines) is 1. The van der Waals surface area contributed by atoms with Gasteiger partial charge in [0.05, 0.1) is 22.8 Å². The third-order valence-corrected chi connectivity index (χ3v) is 5.54. The average molecular weight is 403 g/mol. The summed E-state index contributed by atoms with van der Waals surface area (Å²) in [7, 11) is 0. The Morgan fingerprint density at radius 2 is 2.18 bits per heavy atom. The van der Waals surface area contributed by atoms with Crippen LogP contribution < -0.4 is 5.69 Å². The Labute approximate surface area is 166 Å². The number of carbonyl (C=O) groups is 1. The van der Waals surface area contributed by atoms with E-state index in [9.17, 15) is 9.59 Å². The van der Waals surface area contributed by atoms with Crippen molar-refractivity contribution in [3.8, 4) is 0 Å². The molecule has 0 aromatic carbocycles. The lowest BCUT2D eigenvalue weighted by molar-refractivity contribution is 0.0737. The Bertz CT molecular complexity index is 1100. The Balaban J connectivity index is 1.72. The molecule has 28 heavy (non-hydrogen) atoms. The van der Waals surface area contributed by atoms with E-state index in [0.29, 0.717) is 34.3 Å². The highest BCUT2D eigenvalue weighted by atomic mass is 35.5. The Morgan fingerprint density at radius 1 is 1.39 bits per heavy atom. The SMILES string of the molecule is Cc1nn(CC(C)C)c(Cl)c1C1CCCN1C(=O)c1ccnc2[nH]c(=O)[nH]c12. The fourth-order valence-electron chi connectivity index (χ4n) is 3.99. The van der Waals surface area contributed by atoms with E-state index in [4.69, 9.17) is 11.6 Å². The third kappa shape index (κ3) is 3.11. The van der Waals surface area contributed by atoms with Crippen molar-refractivity contribution in [3.63, 3.8) is 0 Å². The molecule has 9 heteroatoms. The summed E-state index contributed by atoms with van der Waals surface area (Å²) in [6.07, 6.45) is 3.25. The first-order valence-corrected chi connectivity index (χ1v) is 9.85. The molecule has 0 radical (unpaired) electrons. The van der Waals surface area contributed by atoms with E-state index >= 15 is 0 Å². The summed E-state index contributed by atoms with van der Waals surface area (Å²) >= 11 is 6.67. The van der Waals surface area contributed by atoms with Gasteiger partial charge in [0, 0.05) is 24.8 Å². The molecule has 2 N–H and O–H groups in total. The van der Waals surface area contributed by atoms with Crippen LogP contribution in [0.25, 0.3) is 11.2 Å². The van der Waals surface area contributed by atoms with Gasteiger partial charge in [-0.15, -0.1) is 0 Å². The van der Waals surface area contributed by atoms with Crippen LogP contribution in [-0.2, 0) is 6.54 Å². The summed E-state index contributed by atoms with van der Waals surface area (Å²) in [6, 6.07) is 1.51. The molecule has 1 amide bonds. The smallest absolute Gasteiger partial charge is 0.325 e. The zero-order valence-electron chi connectivity index (χ0n) is 16.1. The minimum Gasteiger partial charge on any atom is -0.331 e. The van der Waals surface area contributed by atoms with Crippen LogP contribution in [0.5, 0.6) is 0 Å². The molecule has 0 aliphatic carbocycles. The Hall–Kier alpha value is -2.61. The molecular weight excluding hydrogens is 380 g/mol. The molecule has 3 aromatic heterocycles. The third-order valence-electron chi connectivity index (χ3n) is 5.15. The highest BCUT2D eigenvalue weighted by Crippen LogP contribution is 2.39. The number of aryl methyl sites for hydroxylation is 1. The topological polar surface area (TPSA) is 99.7 Å². The van der Waals surface area contributed by atoms with E-state index in [1.807, 2.05) is 16.5 Å². The van der Waals surface area contributed by atoms with Gasteiger partial charge in [0.15, 0.2) is 5.65 Å². The summed E-state index contributed by atoms with van der Waals surface area (Å²) in [5.74, 6) is 0.277. The predicted molar refractivity (Wildman–Crippen MR) is 107 cm³/mol. The van der Waals surface area contributed by atoms with Gasteiger partial charge >= 0.3 is 5.69 Å². The largest absolute Gasteiger partial charge is 0.331 e. The lowest BCUT2D eigenvalue weighted by Gasteiger charge is -2.25. The number of amides is 1. The van der Waals surface area contributed by atoms with E-state index in [-0.39, 0.29) is 17.6 Å². The number of hydrogen-bond acceptors (Lipinski definition) is 4. The summed E-state index contributed by atoms with van der Waals surface area (Å²) < 4.78 is 1.83. The summed E-state index contributed by atoms with van der Waals surface area (Å²) in [4.78, 5) is 36.2. The van der Waals surface area contributed by atoms with Crippen molar-refractivity contribution >= 4 is 28.7 Å². The van der Waals surface area contributed by atoms with Crippen LogP contribution in [0, 0.1) is 12.8 Å². The minimum atomic E-state index is -0.380. The molecule has 1 unspecified atom stereocenters. The minimum absolute atomic E-state index is 0.130. The van der Waals surface area contributed by atoms with Crippen LogP contribution in [0.1, 0.15) is 54.3 Å². The number of hydrogen-bond donors (Lipinski definition) is 2. The molecule has 1 saturated heterocycles. The van der Waals surface area contributed by atoms with Gasteiger partial charge in [-0.2, -0.15) is 5.10 Å². The fourth-order valence-corrected chi connectivity index (χ4v) is 4.36. The normalized spacial score (nSPS) is 17.2. The van der Waals surface area contributed by atoms with Gasteiger partial charge in [-0.05, 0) is 31.7 Å². The van der Waals surface area contributed by atoms with E-state index in [2.05, 4.69) is 33.9 Å². The number of imidazole rings is 1. The van der Waals surface area contributed by atoms with Crippen LogP contribution in [0.3, 0.4) is 0 Å². The van der Waals surface area contributed by atoms with Crippen LogP contribution in [0.15, 0.2) is 17.1 Å². The van der Waals surface area contributed by atoms with Crippen molar-refractivity contribution in [2.24, 2.45) is 5.92 Å². The standard InChI is InChI=1S/C19H23ClN6O2/c1-10(2)9-26-16(20)14(11(3)24-26)13-5-4-8-25(13)18(27)12-6-7-21-17-15(12)22-19(28)23-17/h6-7,10,13H,4-5,8-9H2,1-3H3,(H2,21,22,23,28). The van der Waals surface area contributed by atoms with Gasteiger partial charge in [0.2, 0.25) is 0 Å². The summed E-state index contributed by atoms with van der Waals surface area (Å²) in [6.45, 7) is 7.53. The second-order valence-electron chi connectivity index (χ2n) is 7.68. The lowest BCUT2D eigenvalue weighted by atomic mass is 10.0. The van der Waals surface area contributed by atoms with Crippen molar-refractivity contribution < 1.29 is 4.79 Å². The van der Waals surface area contributed by atoms with E-state index in [1.165, 1.54) is 6.20 Å². The monoisotopic (exact) mass is 402 g/mol. The molecule has 1 fully saturated rings. The number of aromatic amines is 2. The zero-order chi connectivity index (χ0) is 20.0. The number of nitrogens with one attached hydrogen (secondary N) is 2. The van der Waals surface area contributed by atoms with Crippen molar-refractivity contribution in [2.45, 2.75) is 46.2 Å². The number of halogens is 1. The van der Waals surface area contributed by atoms with Gasteiger partial charge in [-0.3, -0.25) is 14.5 Å². The van der Waals surface area contributed by atoms with Crippen LogP contribution >= 0.6 is 11.6 Å². The first kappa shape index (κ1) is 18.7. The maximum atomic E-state index is 13.4. The molecule has 148 valence electrons. The number of carbonyl (C=O) groups excluding carboxylic acids is 1. The first-order valence-electron chi connectivity index (χ1n) is 9.47. The van der Waals surface area contributed by atoms with Gasteiger partial charge < -0.3 is 9.88 Å². The van der Waals surface area contributed by atoms with Crippen molar-refractivity contribution in [2.75, 3.05) is 6.54 Å². The van der Waals surface area contributed by atoms with Gasteiger partial charge in [-0.1, -0.05) is 25.4 Å². The Morgan fingerprint density at radius 3 is 2.93 bits per heavy atom. The van der Waals surface area contributed by atoms with Crippen molar-refractivity contribution in [1.29, 1.82) is 0 Å². The number of nitrogens with zero attached hydrogens (tertiary/aromatic N) is 4. The molecule has 1 atom stereocenters. The van der Waals surface area contributed by atoms with Crippen molar-refractivity contribution in [3.05, 3.63) is 44.7 Å². The van der Waals surface area contributed by atoms with Gasteiger partial charge in [0.1, 0.15) is 5.15 Å². The Kier molecular flexibility index (Phi) is 4.74. The van der Waals surface area contributed by atoms with Crippen LogP contribution in [0.2, 0.25) is 5.15 Å². The molecule has 3 aromatic rings. The number of H-pyrrole nitrogens is 2.